The first-order valence-corrected chi connectivity index (χ1v) is 6.60. The summed E-state index contributed by atoms with van der Waals surface area (Å²) in [4.78, 5) is 4.67. The number of rotatable bonds is 3. The van der Waals surface area contributed by atoms with E-state index in [9.17, 15) is 0 Å². The Hall–Kier alpha value is -1.85. The monoisotopic (exact) mass is 292 g/mol. The first kappa shape index (κ1) is 13.1. The van der Waals surface area contributed by atoms with Crippen LogP contribution in [-0.4, -0.2) is 25.1 Å². The van der Waals surface area contributed by atoms with Crippen LogP contribution in [0.2, 0.25) is 5.02 Å². The van der Waals surface area contributed by atoms with Crippen LogP contribution in [-0.2, 0) is 16.0 Å². The Kier molecular flexibility index (Phi) is 3.71. The van der Waals surface area contributed by atoms with Gasteiger partial charge in [-0.3, -0.25) is 0 Å². The molecule has 2 aromatic rings. The lowest BCUT2D eigenvalue weighted by molar-refractivity contribution is 0.0657. The average Bonchev–Trinajstić information content (AvgIpc) is 2.89. The highest BCUT2D eigenvalue weighted by molar-refractivity contribution is 6.31. The Morgan fingerprint density at radius 3 is 3.10 bits per heavy atom. The standard InChI is InChI=1S/C14H13ClN2O3/c1-18-16-8-12-10-6-7-19-14(13(10)17-20-12)9-4-2-3-5-11(9)15/h2-5,8,14H,6-7H2,1H3/b16-8+. The summed E-state index contributed by atoms with van der Waals surface area (Å²) in [7, 11) is 1.48. The maximum Gasteiger partial charge on any atom is 0.184 e. The molecule has 0 spiro atoms. The van der Waals surface area contributed by atoms with Crippen molar-refractivity contribution in [1.29, 1.82) is 0 Å². The number of halogens is 1. The van der Waals surface area contributed by atoms with Crippen LogP contribution < -0.4 is 0 Å². The highest BCUT2D eigenvalue weighted by atomic mass is 35.5. The molecule has 1 aromatic heterocycles. The molecule has 0 radical (unpaired) electrons. The summed E-state index contributed by atoms with van der Waals surface area (Å²) in [5.74, 6) is 0.599. The van der Waals surface area contributed by atoms with Gasteiger partial charge in [0.2, 0.25) is 0 Å². The van der Waals surface area contributed by atoms with Crippen LogP contribution in [0.15, 0.2) is 33.9 Å². The van der Waals surface area contributed by atoms with E-state index in [1.165, 1.54) is 13.3 Å². The third-order valence-corrected chi connectivity index (χ3v) is 3.54. The van der Waals surface area contributed by atoms with E-state index in [1.807, 2.05) is 24.3 Å². The van der Waals surface area contributed by atoms with Gasteiger partial charge < -0.3 is 14.1 Å². The van der Waals surface area contributed by atoms with Crippen molar-refractivity contribution in [2.75, 3.05) is 13.7 Å². The quantitative estimate of drug-likeness (QED) is 0.644. The number of nitrogens with zero attached hydrogens (tertiary/aromatic N) is 2. The number of aromatic nitrogens is 1. The molecule has 0 amide bonds. The van der Waals surface area contributed by atoms with Crippen molar-refractivity contribution in [3.63, 3.8) is 0 Å². The van der Waals surface area contributed by atoms with Crippen molar-refractivity contribution >= 4 is 17.8 Å². The third-order valence-electron chi connectivity index (χ3n) is 3.20. The largest absolute Gasteiger partial charge is 0.399 e. The lowest BCUT2D eigenvalue weighted by Crippen LogP contribution is -2.17. The van der Waals surface area contributed by atoms with Crippen molar-refractivity contribution in [1.82, 2.24) is 5.16 Å². The van der Waals surface area contributed by atoms with Crippen LogP contribution in [0.25, 0.3) is 0 Å². The number of fused-ring (bicyclic) bond motifs is 1. The van der Waals surface area contributed by atoms with E-state index >= 15 is 0 Å². The lowest BCUT2D eigenvalue weighted by atomic mass is 9.98. The predicted octanol–water partition coefficient (Wildman–Crippen LogP) is 2.97. The van der Waals surface area contributed by atoms with Gasteiger partial charge in [0.15, 0.2) is 5.76 Å². The van der Waals surface area contributed by atoms with Crippen LogP contribution in [0.5, 0.6) is 0 Å². The lowest BCUT2D eigenvalue weighted by Gasteiger charge is -2.22. The molecule has 20 heavy (non-hydrogen) atoms. The van der Waals surface area contributed by atoms with Gasteiger partial charge in [-0.2, -0.15) is 0 Å². The van der Waals surface area contributed by atoms with Crippen LogP contribution in [0, 0.1) is 0 Å². The summed E-state index contributed by atoms with van der Waals surface area (Å²) in [6.07, 6.45) is 1.94. The summed E-state index contributed by atoms with van der Waals surface area (Å²) >= 11 is 6.23. The summed E-state index contributed by atoms with van der Waals surface area (Å²) in [5, 5.41) is 8.47. The van der Waals surface area contributed by atoms with Crippen molar-refractivity contribution in [3.8, 4) is 0 Å². The van der Waals surface area contributed by atoms with Crippen LogP contribution >= 0.6 is 11.6 Å². The number of benzene rings is 1. The number of hydrogen-bond donors (Lipinski definition) is 0. The molecule has 0 saturated carbocycles. The number of hydrogen-bond acceptors (Lipinski definition) is 5. The zero-order valence-corrected chi connectivity index (χ0v) is 11.6. The molecule has 5 nitrogen and oxygen atoms in total. The van der Waals surface area contributed by atoms with Gasteiger partial charge in [-0.15, -0.1) is 0 Å². The second-order valence-corrected chi connectivity index (χ2v) is 4.76. The maximum atomic E-state index is 6.23. The van der Waals surface area contributed by atoms with Gasteiger partial charge >= 0.3 is 0 Å². The van der Waals surface area contributed by atoms with Gasteiger partial charge in [-0.25, -0.2) is 0 Å². The fraction of sp³-hybridized carbons (Fsp3) is 0.286. The molecule has 0 N–H and O–H groups in total. The molecule has 1 aromatic carbocycles. The zero-order valence-electron chi connectivity index (χ0n) is 10.9. The number of oxime groups is 1. The molecule has 1 aliphatic rings. The third kappa shape index (κ3) is 2.30. The Morgan fingerprint density at radius 2 is 2.30 bits per heavy atom. The maximum absolute atomic E-state index is 6.23. The molecule has 0 fully saturated rings. The van der Waals surface area contributed by atoms with Gasteiger partial charge in [0.05, 0.1) is 6.61 Å². The van der Waals surface area contributed by atoms with Crippen LogP contribution in [0.1, 0.15) is 28.7 Å². The van der Waals surface area contributed by atoms with Crippen molar-refractivity contribution < 1.29 is 14.1 Å². The molecule has 2 heterocycles. The topological polar surface area (TPSA) is 56.9 Å². The second kappa shape index (κ2) is 5.64. The van der Waals surface area contributed by atoms with E-state index < -0.39 is 0 Å². The highest BCUT2D eigenvalue weighted by Crippen LogP contribution is 2.36. The average molecular weight is 293 g/mol. The van der Waals surface area contributed by atoms with Crippen LogP contribution in [0.4, 0.5) is 0 Å². The van der Waals surface area contributed by atoms with Gasteiger partial charge in [-0.05, 0) is 6.07 Å². The molecular formula is C14H13ClN2O3. The minimum Gasteiger partial charge on any atom is -0.399 e. The van der Waals surface area contributed by atoms with E-state index in [2.05, 4.69) is 15.1 Å². The van der Waals surface area contributed by atoms with E-state index in [1.54, 1.807) is 0 Å². The molecule has 1 atom stereocenters. The molecule has 1 unspecified atom stereocenters. The number of ether oxygens (including phenoxy) is 1. The molecule has 0 bridgehead atoms. The molecule has 3 rings (SSSR count). The van der Waals surface area contributed by atoms with Crippen molar-refractivity contribution in [2.45, 2.75) is 12.5 Å². The van der Waals surface area contributed by atoms with Crippen molar-refractivity contribution in [2.24, 2.45) is 5.16 Å². The fourth-order valence-electron chi connectivity index (χ4n) is 2.28. The SMILES string of the molecule is CO/N=C/c1onc2c1CCOC2c1ccccc1Cl. The van der Waals surface area contributed by atoms with E-state index in [4.69, 9.17) is 20.9 Å². The highest BCUT2D eigenvalue weighted by Gasteiger charge is 2.30. The van der Waals surface area contributed by atoms with Gasteiger partial charge in [-0.1, -0.05) is 40.1 Å². The van der Waals surface area contributed by atoms with Crippen LogP contribution in [0.3, 0.4) is 0 Å². The Morgan fingerprint density at radius 1 is 1.45 bits per heavy atom. The van der Waals surface area contributed by atoms with Crippen molar-refractivity contribution in [3.05, 3.63) is 51.9 Å². The summed E-state index contributed by atoms with van der Waals surface area (Å²) in [6.45, 7) is 0.581. The fourth-order valence-corrected chi connectivity index (χ4v) is 2.51. The Bertz CT molecular complexity index is 639. The second-order valence-electron chi connectivity index (χ2n) is 4.35. The van der Waals surface area contributed by atoms with E-state index in [0.29, 0.717) is 17.4 Å². The Balaban J connectivity index is 2.01. The van der Waals surface area contributed by atoms with E-state index in [0.717, 1.165) is 23.2 Å². The minimum absolute atomic E-state index is 0.305. The molecule has 1 aliphatic heterocycles. The summed E-state index contributed by atoms with van der Waals surface area (Å²) in [5.41, 5.74) is 2.63. The molecule has 0 saturated heterocycles. The van der Waals surface area contributed by atoms with Gasteiger partial charge in [0.1, 0.15) is 25.1 Å². The molecule has 6 heteroatoms. The smallest absolute Gasteiger partial charge is 0.184 e. The molecule has 0 aliphatic carbocycles. The molecular weight excluding hydrogens is 280 g/mol. The first-order chi connectivity index (χ1) is 9.81. The predicted molar refractivity (Wildman–Crippen MR) is 74.1 cm³/mol. The first-order valence-electron chi connectivity index (χ1n) is 6.22. The van der Waals surface area contributed by atoms with E-state index in [-0.39, 0.29) is 6.10 Å². The Labute approximate surface area is 121 Å². The zero-order chi connectivity index (χ0) is 13.9. The van der Waals surface area contributed by atoms with Gasteiger partial charge in [0, 0.05) is 22.6 Å². The summed E-state index contributed by atoms with van der Waals surface area (Å²) < 4.78 is 11.1. The van der Waals surface area contributed by atoms with Gasteiger partial charge in [0.25, 0.3) is 0 Å². The normalized spacial score (nSPS) is 18.2. The minimum atomic E-state index is -0.305. The summed E-state index contributed by atoms with van der Waals surface area (Å²) in [6, 6.07) is 7.57. The molecule has 104 valence electrons.